The number of rotatable bonds is 5. The molecule has 1 saturated heterocycles. The van der Waals surface area contributed by atoms with Crippen molar-refractivity contribution in [2.24, 2.45) is 5.92 Å². The highest BCUT2D eigenvalue weighted by Gasteiger charge is 2.46. The number of thiocarbonyl (C=S) groups is 1. The second-order valence-corrected chi connectivity index (χ2v) is 10.4. The van der Waals surface area contributed by atoms with Crippen molar-refractivity contribution in [2.45, 2.75) is 29.1 Å². The van der Waals surface area contributed by atoms with Crippen molar-refractivity contribution in [2.75, 3.05) is 12.4 Å². The average Bonchev–Trinajstić information content (AvgIpc) is 2.34. The van der Waals surface area contributed by atoms with E-state index in [1.807, 2.05) is 6.92 Å². The number of amides is 1. The fraction of sp³-hybridized carbons (Fsp3) is 0.727. The first-order valence-corrected chi connectivity index (χ1v) is 9.58. The molecule has 3 atom stereocenters. The summed E-state index contributed by atoms with van der Waals surface area (Å²) in [6.07, 6.45) is -1.67. The molecule has 1 rings (SSSR count). The number of β-lactam (4-membered cyclic amide) rings is 1. The summed E-state index contributed by atoms with van der Waals surface area (Å²) in [5.74, 6) is 0.149. The first kappa shape index (κ1) is 20.4. The van der Waals surface area contributed by atoms with E-state index in [0.29, 0.717) is 0 Å². The SMILES string of the molecule is CCSC(=S)SC1NC(=O)C1C(C)OC(=O)OCC(Cl)(Cl)Cl. The van der Waals surface area contributed by atoms with Gasteiger partial charge in [-0.3, -0.25) is 4.79 Å². The second kappa shape index (κ2) is 9.03. The van der Waals surface area contributed by atoms with Crippen LogP contribution in [0.2, 0.25) is 0 Å². The third-order valence-corrected chi connectivity index (χ3v) is 5.53. The van der Waals surface area contributed by atoms with Crippen LogP contribution in [0.5, 0.6) is 0 Å². The Morgan fingerprint density at radius 3 is 2.64 bits per heavy atom. The molecule has 1 heterocycles. The van der Waals surface area contributed by atoms with Crippen molar-refractivity contribution in [3.63, 3.8) is 0 Å². The fourth-order valence-electron chi connectivity index (χ4n) is 1.58. The van der Waals surface area contributed by atoms with Crippen molar-refractivity contribution in [3.05, 3.63) is 0 Å². The van der Waals surface area contributed by atoms with Gasteiger partial charge in [0.15, 0.2) is 0 Å². The van der Waals surface area contributed by atoms with E-state index >= 15 is 0 Å². The number of halogens is 3. The maximum atomic E-state index is 11.7. The number of carbonyl (C=O) groups excluding carboxylic acids is 2. The number of alkyl halides is 3. The third kappa shape index (κ3) is 6.88. The molecule has 0 aliphatic carbocycles. The van der Waals surface area contributed by atoms with Gasteiger partial charge in [0.05, 0.1) is 5.37 Å². The van der Waals surface area contributed by atoms with Crippen LogP contribution in [-0.4, -0.2) is 43.2 Å². The van der Waals surface area contributed by atoms with E-state index in [1.54, 1.807) is 6.92 Å². The standard InChI is InChI=1S/C11H14Cl3NO4S3/c1-3-21-10(20)22-8-6(7(16)15-8)5(2)19-9(17)18-4-11(12,13)14/h5-6,8H,3-4H2,1-2H3,(H,15,16). The molecule has 1 fully saturated rings. The topological polar surface area (TPSA) is 64.6 Å². The molecule has 1 aliphatic heterocycles. The summed E-state index contributed by atoms with van der Waals surface area (Å²) in [4.78, 5) is 23.1. The maximum absolute atomic E-state index is 11.7. The van der Waals surface area contributed by atoms with Crippen LogP contribution in [0.25, 0.3) is 0 Å². The number of nitrogens with one attached hydrogen (secondary N) is 1. The monoisotopic (exact) mass is 425 g/mol. The van der Waals surface area contributed by atoms with Gasteiger partial charge in [-0.1, -0.05) is 65.7 Å². The lowest BCUT2D eigenvalue weighted by molar-refractivity contribution is -0.137. The van der Waals surface area contributed by atoms with Gasteiger partial charge in [0.25, 0.3) is 0 Å². The normalized spacial score (nSPS) is 22.3. The van der Waals surface area contributed by atoms with Crippen LogP contribution in [0.1, 0.15) is 13.8 Å². The van der Waals surface area contributed by atoms with Crippen molar-refractivity contribution < 1.29 is 19.1 Å². The Balaban J connectivity index is 2.45. The van der Waals surface area contributed by atoms with Gasteiger partial charge in [0, 0.05) is 0 Å². The van der Waals surface area contributed by atoms with E-state index < -0.39 is 28.6 Å². The van der Waals surface area contributed by atoms with Gasteiger partial charge in [0.1, 0.15) is 22.2 Å². The molecule has 0 aromatic carbocycles. The van der Waals surface area contributed by atoms with Crippen molar-refractivity contribution >= 4 is 86.1 Å². The summed E-state index contributed by atoms with van der Waals surface area (Å²) in [5.41, 5.74) is 0. The molecular formula is C11H14Cl3NO4S3. The number of ether oxygens (including phenoxy) is 2. The minimum absolute atomic E-state index is 0.205. The van der Waals surface area contributed by atoms with E-state index in [1.165, 1.54) is 23.5 Å². The minimum Gasteiger partial charge on any atom is -0.430 e. The first-order chi connectivity index (χ1) is 10.1. The fourth-order valence-corrected chi connectivity index (χ4v) is 4.46. The molecule has 0 saturated carbocycles. The summed E-state index contributed by atoms with van der Waals surface area (Å²) in [6.45, 7) is 3.15. The molecule has 0 aromatic rings. The van der Waals surface area contributed by atoms with Crippen LogP contribution in [0.4, 0.5) is 4.79 Å². The zero-order valence-corrected chi connectivity index (χ0v) is 16.4. The quantitative estimate of drug-likeness (QED) is 0.311. The molecule has 0 aromatic heterocycles. The highest BCUT2D eigenvalue weighted by atomic mass is 35.6. The number of hydrogen-bond acceptors (Lipinski definition) is 7. The zero-order valence-electron chi connectivity index (χ0n) is 11.6. The molecule has 3 unspecified atom stereocenters. The molecule has 11 heteroatoms. The van der Waals surface area contributed by atoms with Crippen LogP contribution in [0.3, 0.4) is 0 Å². The second-order valence-electron chi connectivity index (χ2n) is 4.23. The van der Waals surface area contributed by atoms with Gasteiger partial charge < -0.3 is 14.8 Å². The lowest BCUT2D eigenvalue weighted by Gasteiger charge is -2.38. The predicted molar refractivity (Wildman–Crippen MR) is 95.9 cm³/mol. The van der Waals surface area contributed by atoms with Crippen molar-refractivity contribution in [1.29, 1.82) is 0 Å². The van der Waals surface area contributed by atoms with Crippen LogP contribution in [-0.2, 0) is 14.3 Å². The van der Waals surface area contributed by atoms with Gasteiger partial charge >= 0.3 is 6.16 Å². The Morgan fingerprint density at radius 2 is 2.14 bits per heavy atom. The molecule has 1 aliphatic rings. The molecule has 0 spiro atoms. The summed E-state index contributed by atoms with van der Waals surface area (Å²) < 4.78 is 8.71. The van der Waals surface area contributed by atoms with Gasteiger partial charge in [0.2, 0.25) is 9.70 Å². The number of carbonyl (C=O) groups is 2. The third-order valence-electron chi connectivity index (χ3n) is 2.54. The maximum Gasteiger partial charge on any atom is 0.508 e. The van der Waals surface area contributed by atoms with Crippen LogP contribution in [0, 0.1) is 5.92 Å². The van der Waals surface area contributed by atoms with E-state index in [0.717, 1.165) is 9.28 Å². The number of thioether (sulfide) groups is 2. The van der Waals surface area contributed by atoms with Crippen LogP contribution >= 0.6 is 70.5 Å². The molecule has 22 heavy (non-hydrogen) atoms. The molecular weight excluding hydrogens is 413 g/mol. The summed E-state index contributed by atoms with van der Waals surface area (Å²) in [5, 5.41) is 2.49. The molecule has 0 bridgehead atoms. The Hall–Kier alpha value is 0.400. The molecule has 126 valence electrons. The van der Waals surface area contributed by atoms with E-state index in [4.69, 9.17) is 51.8 Å². The Kier molecular flexibility index (Phi) is 8.39. The summed E-state index contributed by atoms with van der Waals surface area (Å²) >= 11 is 24.4. The van der Waals surface area contributed by atoms with Gasteiger partial charge in [-0.05, 0) is 12.7 Å². The molecule has 1 N–H and O–H groups in total. The van der Waals surface area contributed by atoms with Crippen LogP contribution < -0.4 is 5.32 Å². The first-order valence-electron chi connectivity index (χ1n) is 6.18. The average molecular weight is 427 g/mol. The lowest BCUT2D eigenvalue weighted by Crippen LogP contribution is -2.61. The predicted octanol–water partition coefficient (Wildman–Crippen LogP) is 3.74. The van der Waals surface area contributed by atoms with Crippen LogP contribution in [0.15, 0.2) is 0 Å². The summed E-state index contributed by atoms with van der Waals surface area (Å²) in [6, 6.07) is 0. The Labute approximate surface area is 157 Å². The van der Waals surface area contributed by atoms with E-state index in [2.05, 4.69) is 10.1 Å². The largest absolute Gasteiger partial charge is 0.508 e. The van der Waals surface area contributed by atoms with Crippen molar-refractivity contribution in [1.82, 2.24) is 5.32 Å². The van der Waals surface area contributed by atoms with E-state index in [9.17, 15) is 9.59 Å². The van der Waals surface area contributed by atoms with Gasteiger partial charge in [-0.2, -0.15) is 0 Å². The Bertz CT molecular complexity index is 447. The molecule has 1 amide bonds. The van der Waals surface area contributed by atoms with Crippen molar-refractivity contribution in [3.8, 4) is 0 Å². The molecule has 0 radical (unpaired) electrons. The molecule has 5 nitrogen and oxygen atoms in total. The zero-order chi connectivity index (χ0) is 16.9. The van der Waals surface area contributed by atoms with Gasteiger partial charge in [-0.15, -0.1) is 11.8 Å². The van der Waals surface area contributed by atoms with E-state index in [-0.39, 0.29) is 11.3 Å². The highest BCUT2D eigenvalue weighted by Crippen LogP contribution is 2.34. The lowest BCUT2D eigenvalue weighted by atomic mass is 9.96. The Morgan fingerprint density at radius 1 is 1.50 bits per heavy atom. The summed E-state index contributed by atoms with van der Waals surface area (Å²) in [7, 11) is 0. The smallest absolute Gasteiger partial charge is 0.430 e. The highest BCUT2D eigenvalue weighted by molar-refractivity contribution is 8.47. The van der Waals surface area contributed by atoms with Gasteiger partial charge in [-0.25, -0.2) is 4.79 Å². The minimum atomic E-state index is -1.71. The number of hydrogen-bond donors (Lipinski definition) is 1.